The van der Waals surface area contributed by atoms with Crippen LogP contribution in [-0.4, -0.2) is 34.6 Å². The second kappa shape index (κ2) is 5.77. The second-order valence-electron chi connectivity index (χ2n) is 3.65. The lowest BCUT2D eigenvalue weighted by molar-refractivity contribution is 0.593. The van der Waals surface area contributed by atoms with Crippen LogP contribution in [0.5, 0.6) is 0 Å². The molecule has 0 radical (unpaired) electrons. The highest BCUT2D eigenvalue weighted by Gasteiger charge is 2.16. The van der Waals surface area contributed by atoms with Crippen molar-refractivity contribution in [1.82, 2.24) is 0 Å². The fourth-order valence-corrected chi connectivity index (χ4v) is 4.43. The number of anilines is 1. The van der Waals surface area contributed by atoms with Gasteiger partial charge in [-0.25, -0.2) is 16.8 Å². The molecule has 0 atom stereocenters. The molecule has 0 saturated carbocycles. The van der Waals surface area contributed by atoms with Crippen LogP contribution in [0.25, 0.3) is 0 Å². The molecule has 9 heteroatoms. The third-order valence-electron chi connectivity index (χ3n) is 1.94. The molecule has 0 aliphatic carbocycles. The first-order valence-electron chi connectivity index (χ1n) is 4.73. The Morgan fingerprint density at radius 3 is 2.39 bits per heavy atom. The monoisotopic (exact) mass is 375 g/mol. The SMILES string of the molecule is CS(=O)(=O)CCS(=O)(=O)Nc1cccc(Cl)c1Br. The summed E-state index contributed by atoms with van der Waals surface area (Å²) >= 11 is 8.96. The maximum absolute atomic E-state index is 11.7. The van der Waals surface area contributed by atoms with E-state index in [1.54, 1.807) is 12.1 Å². The number of nitrogens with one attached hydrogen (secondary N) is 1. The number of hydrogen-bond acceptors (Lipinski definition) is 4. The minimum Gasteiger partial charge on any atom is -0.282 e. The van der Waals surface area contributed by atoms with Crippen LogP contribution >= 0.6 is 27.5 Å². The van der Waals surface area contributed by atoms with Crippen LogP contribution in [-0.2, 0) is 19.9 Å². The van der Waals surface area contributed by atoms with Crippen molar-refractivity contribution >= 4 is 53.1 Å². The first kappa shape index (κ1) is 15.7. The summed E-state index contributed by atoms with van der Waals surface area (Å²) in [6.45, 7) is 0. The molecule has 0 saturated heterocycles. The zero-order valence-electron chi connectivity index (χ0n) is 9.35. The largest absolute Gasteiger partial charge is 0.282 e. The van der Waals surface area contributed by atoms with Crippen LogP contribution in [0.2, 0.25) is 5.02 Å². The minimum absolute atomic E-state index is 0.274. The summed E-state index contributed by atoms with van der Waals surface area (Å²) in [5, 5.41) is 0.360. The molecule has 1 aromatic rings. The molecule has 1 rings (SSSR count). The van der Waals surface area contributed by atoms with Gasteiger partial charge < -0.3 is 0 Å². The number of rotatable bonds is 5. The van der Waals surface area contributed by atoms with E-state index in [9.17, 15) is 16.8 Å². The summed E-state index contributed by atoms with van der Waals surface area (Å²) in [6, 6.07) is 4.70. The van der Waals surface area contributed by atoms with E-state index in [-0.39, 0.29) is 5.69 Å². The molecule has 0 aliphatic heterocycles. The van der Waals surface area contributed by atoms with Crippen molar-refractivity contribution in [1.29, 1.82) is 0 Å². The molecule has 18 heavy (non-hydrogen) atoms. The average molecular weight is 377 g/mol. The molecule has 0 amide bonds. The van der Waals surface area contributed by atoms with Crippen LogP contribution < -0.4 is 4.72 Å². The molecule has 0 heterocycles. The third-order valence-corrected chi connectivity index (χ3v) is 5.81. The third kappa shape index (κ3) is 5.13. The fourth-order valence-electron chi connectivity index (χ4n) is 1.06. The number of hydrogen-bond donors (Lipinski definition) is 1. The van der Waals surface area contributed by atoms with Gasteiger partial charge >= 0.3 is 0 Å². The summed E-state index contributed by atoms with van der Waals surface area (Å²) in [7, 11) is -7.05. The van der Waals surface area contributed by atoms with Gasteiger partial charge in [-0.05, 0) is 28.1 Å². The topological polar surface area (TPSA) is 80.3 Å². The lowest BCUT2D eigenvalue weighted by atomic mass is 10.3. The molecular formula is C9H11BrClNO4S2. The molecule has 1 N–H and O–H groups in total. The lowest BCUT2D eigenvalue weighted by Crippen LogP contribution is -2.22. The van der Waals surface area contributed by atoms with E-state index in [1.807, 2.05) is 0 Å². The number of benzene rings is 1. The summed E-state index contributed by atoms with van der Waals surface area (Å²) < 4.78 is 47.9. The normalized spacial score (nSPS) is 12.4. The molecule has 0 aromatic heterocycles. The van der Waals surface area contributed by atoms with E-state index in [0.29, 0.717) is 9.50 Å². The molecule has 102 valence electrons. The van der Waals surface area contributed by atoms with Gasteiger partial charge in [0.1, 0.15) is 9.84 Å². The minimum atomic E-state index is -3.72. The van der Waals surface area contributed by atoms with E-state index in [2.05, 4.69) is 20.7 Å². The van der Waals surface area contributed by atoms with Gasteiger partial charge in [0.15, 0.2) is 0 Å². The maximum Gasteiger partial charge on any atom is 0.233 e. The molecular weight excluding hydrogens is 366 g/mol. The van der Waals surface area contributed by atoms with Crippen LogP contribution in [0.15, 0.2) is 22.7 Å². The van der Waals surface area contributed by atoms with Gasteiger partial charge in [0.05, 0.1) is 26.7 Å². The summed E-state index contributed by atoms with van der Waals surface area (Å²) in [5.74, 6) is -0.925. The Balaban J connectivity index is 2.87. The number of halogens is 2. The Morgan fingerprint density at radius 2 is 1.83 bits per heavy atom. The van der Waals surface area contributed by atoms with E-state index in [0.717, 1.165) is 6.26 Å². The standard InChI is InChI=1S/C9H11BrClNO4S2/c1-17(13,14)5-6-18(15,16)12-8-4-2-3-7(11)9(8)10/h2-4,12H,5-6H2,1H3. The summed E-state index contributed by atoms with van der Waals surface area (Å²) in [4.78, 5) is 0. The highest BCUT2D eigenvalue weighted by molar-refractivity contribution is 9.10. The molecule has 0 unspecified atom stereocenters. The quantitative estimate of drug-likeness (QED) is 0.851. The Hall–Kier alpha value is -0.310. The van der Waals surface area contributed by atoms with Gasteiger partial charge in [-0.15, -0.1) is 0 Å². The highest BCUT2D eigenvalue weighted by Crippen LogP contribution is 2.30. The zero-order chi connectivity index (χ0) is 14.0. The van der Waals surface area contributed by atoms with E-state index >= 15 is 0 Å². The predicted octanol–water partition coefficient (Wildman–Crippen LogP) is 1.89. The van der Waals surface area contributed by atoms with Gasteiger partial charge in [-0.3, -0.25) is 4.72 Å². The van der Waals surface area contributed by atoms with Gasteiger partial charge in [0.2, 0.25) is 10.0 Å². The van der Waals surface area contributed by atoms with Crippen LogP contribution in [0, 0.1) is 0 Å². The summed E-state index contributed by atoms with van der Waals surface area (Å²) in [6.07, 6.45) is 0.984. The van der Waals surface area contributed by atoms with E-state index < -0.39 is 31.4 Å². The number of sulfone groups is 1. The Morgan fingerprint density at radius 1 is 1.22 bits per heavy atom. The number of sulfonamides is 1. The van der Waals surface area contributed by atoms with Gasteiger partial charge in [0.25, 0.3) is 0 Å². The van der Waals surface area contributed by atoms with Crippen molar-refractivity contribution < 1.29 is 16.8 Å². The molecule has 0 bridgehead atoms. The van der Waals surface area contributed by atoms with Crippen molar-refractivity contribution in [2.24, 2.45) is 0 Å². The lowest BCUT2D eigenvalue weighted by Gasteiger charge is -2.09. The zero-order valence-corrected chi connectivity index (χ0v) is 13.3. The Kier molecular flexibility index (Phi) is 5.05. The van der Waals surface area contributed by atoms with Crippen molar-refractivity contribution in [2.75, 3.05) is 22.5 Å². The Bertz CT molecular complexity index is 643. The van der Waals surface area contributed by atoms with Crippen molar-refractivity contribution in [3.63, 3.8) is 0 Å². The van der Waals surface area contributed by atoms with Gasteiger partial charge in [-0.1, -0.05) is 17.7 Å². The molecule has 0 spiro atoms. The summed E-state index contributed by atoms with van der Waals surface area (Å²) in [5.41, 5.74) is 0.274. The molecule has 0 aliphatic rings. The van der Waals surface area contributed by atoms with Crippen LogP contribution in [0.3, 0.4) is 0 Å². The predicted molar refractivity (Wildman–Crippen MR) is 76.3 cm³/mol. The van der Waals surface area contributed by atoms with Gasteiger partial charge in [-0.2, -0.15) is 0 Å². The molecule has 5 nitrogen and oxygen atoms in total. The first-order chi connectivity index (χ1) is 8.11. The van der Waals surface area contributed by atoms with E-state index in [4.69, 9.17) is 11.6 Å². The Labute approximate surface area is 120 Å². The van der Waals surface area contributed by atoms with Crippen molar-refractivity contribution in [3.8, 4) is 0 Å². The van der Waals surface area contributed by atoms with Crippen molar-refractivity contribution in [2.45, 2.75) is 0 Å². The maximum atomic E-state index is 11.7. The smallest absolute Gasteiger partial charge is 0.233 e. The molecule has 1 aromatic carbocycles. The molecule has 0 fully saturated rings. The second-order valence-corrected chi connectivity index (χ2v) is 8.95. The first-order valence-corrected chi connectivity index (χ1v) is 9.61. The highest BCUT2D eigenvalue weighted by atomic mass is 79.9. The van der Waals surface area contributed by atoms with Crippen LogP contribution in [0.1, 0.15) is 0 Å². The average Bonchev–Trinajstić information content (AvgIpc) is 2.21. The van der Waals surface area contributed by atoms with E-state index in [1.165, 1.54) is 6.07 Å². The van der Waals surface area contributed by atoms with Crippen molar-refractivity contribution in [3.05, 3.63) is 27.7 Å². The van der Waals surface area contributed by atoms with Gasteiger partial charge in [0, 0.05) is 6.26 Å². The fraction of sp³-hybridized carbons (Fsp3) is 0.333. The van der Waals surface area contributed by atoms with Crippen LogP contribution in [0.4, 0.5) is 5.69 Å².